The molecule has 1 aliphatic rings. The van der Waals surface area contributed by atoms with Crippen LogP contribution in [0.5, 0.6) is 5.75 Å². The fourth-order valence-electron chi connectivity index (χ4n) is 2.57. The highest BCUT2D eigenvalue weighted by Crippen LogP contribution is 2.40. The van der Waals surface area contributed by atoms with E-state index in [1.807, 2.05) is 0 Å². The molecule has 1 saturated heterocycles. The number of alkyl halides is 3. The highest BCUT2D eigenvalue weighted by atomic mass is 19.4. The summed E-state index contributed by atoms with van der Waals surface area (Å²) in [5.74, 6) is -0.412. The predicted molar refractivity (Wildman–Crippen MR) is 68.6 cm³/mol. The van der Waals surface area contributed by atoms with Crippen molar-refractivity contribution < 1.29 is 27.0 Å². The van der Waals surface area contributed by atoms with Gasteiger partial charge in [0.15, 0.2) is 17.2 Å². The topological polar surface area (TPSA) is 21.7 Å². The third kappa shape index (κ3) is 3.13. The van der Waals surface area contributed by atoms with E-state index in [4.69, 9.17) is 9.47 Å². The number of nitrogens with zero attached hydrogens (tertiary/aromatic N) is 1. The lowest BCUT2D eigenvalue weighted by molar-refractivity contribution is -0.264. The first-order valence-electron chi connectivity index (χ1n) is 6.48. The van der Waals surface area contributed by atoms with E-state index >= 15 is 0 Å². The van der Waals surface area contributed by atoms with Gasteiger partial charge in [0, 0.05) is 26.7 Å². The molecular weight excluding hydrogens is 290 g/mol. The summed E-state index contributed by atoms with van der Waals surface area (Å²) in [5, 5.41) is 0. The molecule has 0 amide bonds. The quantitative estimate of drug-likeness (QED) is 0.798. The summed E-state index contributed by atoms with van der Waals surface area (Å²) in [6, 6.07) is 4.38. The number of likely N-dealkylation sites (tertiary alicyclic amines) is 1. The van der Waals surface area contributed by atoms with Gasteiger partial charge in [-0.1, -0.05) is 6.07 Å². The molecule has 1 heterocycles. The number of rotatable bonds is 4. The van der Waals surface area contributed by atoms with Crippen molar-refractivity contribution in [3.63, 3.8) is 0 Å². The van der Waals surface area contributed by atoms with E-state index in [2.05, 4.69) is 0 Å². The van der Waals surface area contributed by atoms with Gasteiger partial charge in [-0.05, 0) is 24.1 Å². The lowest BCUT2D eigenvalue weighted by atomic mass is 10.0. The first kappa shape index (κ1) is 16.0. The molecule has 1 aromatic rings. The predicted octanol–water partition coefficient (Wildman–Crippen LogP) is 2.99. The Kier molecular flexibility index (Phi) is 4.43. The summed E-state index contributed by atoms with van der Waals surface area (Å²) in [5.41, 5.74) is -1.53. The van der Waals surface area contributed by atoms with Crippen LogP contribution in [0.4, 0.5) is 17.6 Å². The van der Waals surface area contributed by atoms with Gasteiger partial charge in [-0.2, -0.15) is 13.2 Å². The van der Waals surface area contributed by atoms with Crippen LogP contribution < -0.4 is 4.74 Å². The van der Waals surface area contributed by atoms with Crippen LogP contribution in [0.1, 0.15) is 12.0 Å². The van der Waals surface area contributed by atoms with Crippen LogP contribution in [-0.4, -0.2) is 44.0 Å². The van der Waals surface area contributed by atoms with Crippen LogP contribution in [-0.2, 0) is 11.3 Å². The smallest absolute Gasteiger partial charge is 0.418 e. The van der Waals surface area contributed by atoms with E-state index in [1.54, 1.807) is 11.0 Å². The second kappa shape index (κ2) is 5.81. The van der Waals surface area contributed by atoms with Crippen LogP contribution in [0.25, 0.3) is 0 Å². The van der Waals surface area contributed by atoms with E-state index < -0.39 is 17.6 Å². The molecule has 0 aliphatic carbocycles. The van der Waals surface area contributed by atoms with Crippen LogP contribution in [0, 0.1) is 5.82 Å². The Morgan fingerprint density at radius 1 is 1.29 bits per heavy atom. The fraction of sp³-hybridized carbons (Fsp3) is 0.571. The molecule has 0 aromatic heterocycles. The van der Waals surface area contributed by atoms with Crippen molar-refractivity contribution in [2.45, 2.75) is 24.7 Å². The van der Waals surface area contributed by atoms with E-state index in [1.165, 1.54) is 19.2 Å². The van der Waals surface area contributed by atoms with Gasteiger partial charge in [-0.15, -0.1) is 0 Å². The molecule has 0 spiro atoms. The number of halogens is 4. The standard InChI is InChI=1S/C14H17F4NO2/c1-20-12-4-3-10(7-11(12)15)8-19-6-5-13(9-19,21-2)14(16,17)18/h3-4,7H,5-6,8-9H2,1-2H3. The van der Waals surface area contributed by atoms with Crippen LogP contribution >= 0.6 is 0 Å². The Labute approximate surface area is 120 Å². The van der Waals surface area contributed by atoms with Gasteiger partial charge >= 0.3 is 6.18 Å². The molecule has 1 atom stereocenters. The molecule has 21 heavy (non-hydrogen) atoms. The van der Waals surface area contributed by atoms with Gasteiger partial charge < -0.3 is 9.47 Å². The normalized spacial score (nSPS) is 23.5. The SMILES string of the molecule is COc1ccc(CN2CCC(OC)(C(F)(F)F)C2)cc1F. The second-order valence-corrected chi connectivity index (χ2v) is 5.13. The molecule has 7 heteroatoms. The zero-order valence-electron chi connectivity index (χ0n) is 11.8. The van der Waals surface area contributed by atoms with Crippen LogP contribution in [0.2, 0.25) is 0 Å². The zero-order valence-corrected chi connectivity index (χ0v) is 11.8. The summed E-state index contributed by atoms with van der Waals surface area (Å²) in [4.78, 5) is 1.61. The lowest BCUT2D eigenvalue weighted by Crippen LogP contribution is -2.49. The number of hydrogen-bond donors (Lipinski definition) is 0. The second-order valence-electron chi connectivity index (χ2n) is 5.13. The monoisotopic (exact) mass is 307 g/mol. The van der Waals surface area contributed by atoms with E-state index in [-0.39, 0.29) is 31.8 Å². The summed E-state index contributed by atoms with van der Waals surface area (Å²) < 4.78 is 62.3. The van der Waals surface area contributed by atoms with Crippen molar-refractivity contribution in [1.82, 2.24) is 4.90 Å². The number of benzene rings is 1. The molecule has 1 unspecified atom stereocenters. The number of ether oxygens (including phenoxy) is 2. The number of methoxy groups -OCH3 is 2. The van der Waals surface area contributed by atoms with Crippen molar-refractivity contribution in [3.05, 3.63) is 29.6 Å². The van der Waals surface area contributed by atoms with Gasteiger partial charge in [-0.3, -0.25) is 4.90 Å². The van der Waals surface area contributed by atoms with Gasteiger partial charge in [-0.25, -0.2) is 4.39 Å². The maximum Gasteiger partial charge on any atom is 0.418 e. The molecule has 1 fully saturated rings. The first-order valence-corrected chi connectivity index (χ1v) is 6.48. The average Bonchev–Trinajstić information content (AvgIpc) is 2.83. The molecule has 0 radical (unpaired) electrons. The van der Waals surface area contributed by atoms with E-state index in [0.29, 0.717) is 5.56 Å². The Hall–Kier alpha value is -1.34. The minimum Gasteiger partial charge on any atom is -0.494 e. The highest BCUT2D eigenvalue weighted by Gasteiger charge is 2.58. The summed E-state index contributed by atoms with van der Waals surface area (Å²) in [6.45, 7) is 0.240. The average molecular weight is 307 g/mol. The van der Waals surface area contributed by atoms with Crippen molar-refractivity contribution >= 4 is 0 Å². The Morgan fingerprint density at radius 2 is 2.00 bits per heavy atom. The van der Waals surface area contributed by atoms with Crippen molar-refractivity contribution in [2.75, 3.05) is 27.3 Å². The molecule has 1 aliphatic heterocycles. The van der Waals surface area contributed by atoms with E-state index in [9.17, 15) is 17.6 Å². The van der Waals surface area contributed by atoms with Gasteiger partial charge in [0.1, 0.15) is 0 Å². The summed E-state index contributed by atoms with van der Waals surface area (Å²) in [6.07, 6.45) is -4.53. The van der Waals surface area contributed by atoms with Crippen molar-refractivity contribution in [1.29, 1.82) is 0 Å². The van der Waals surface area contributed by atoms with Gasteiger partial charge in [0.25, 0.3) is 0 Å². The summed E-state index contributed by atoms with van der Waals surface area (Å²) in [7, 11) is 2.43. The number of hydrogen-bond acceptors (Lipinski definition) is 3. The minimum atomic E-state index is -4.42. The van der Waals surface area contributed by atoms with Crippen LogP contribution in [0.15, 0.2) is 18.2 Å². The molecule has 118 valence electrons. The van der Waals surface area contributed by atoms with Gasteiger partial charge in [0.05, 0.1) is 7.11 Å². The maximum absolute atomic E-state index is 13.6. The highest BCUT2D eigenvalue weighted by molar-refractivity contribution is 5.29. The van der Waals surface area contributed by atoms with Gasteiger partial charge in [0.2, 0.25) is 0 Å². The molecule has 2 rings (SSSR count). The fourth-order valence-corrected chi connectivity index (χ4v) is 2.57. The molecule has 0 N–H and O–H groups in total. The molecular formula is C14H17F4NO2. The minimum absolute atomic E-state index is 0.113. The largest absolute Gasteiger partial charge is 0.494 e. The molecule has 0 saturated carbocycles. The third-order valence-electron chi connectivity index (χ3n) is 3.84. The van der Waals surface area contributed by atoms with Crippen molar-refractivity contribution in [2.24, 2.45) is 0 Å². The molecule has 0 bridgehead atoms. The zero-order chi connectivity index (χ0) is 15.7. The maximum atomic E-state index is 13.6. The first-order chi connectivity index (χ1) is 9.81. The molecule has 3 nitrogen and oxygen atoms in total. The Morgan fingerprint density at radius 3 is 2.48 bits per heavy atom. The Bertz CT molecular complexity index is 506. The molecule has 1 aromatic carbocycles. The van der Waals surface area contributed by atoms with E-state index in [0.717, 1.165) is 7.11 Å². The summed E-state index contributed by atoms with van der Waals surface area (Å²) >= 11 is 0. The Balaban J connectivity index is 2.07. The van der Waals surface area contributed by atoms with Crippen LogP contribution in [0.3, 0.4) is 0 Å². The van der Waals surface area contributed by atoms with Crippen molar-refractivity contribution in [3.8, 4) is 5.75 Å². The third-order valence-corrected chi connectivity index (χ3v) is 3.84. The lowest BCUT2D eigenvalue weighted by Gasteiger charge is -2.30.